The number of nitrogens with zero attached hydrogens (tertiary/aromatic N) is 1. The van der Waals surface area contributed by atoms with Crippen molar-refractivity contribution in [1.82, 2.24) is 0 Å². The van der Waals surface area contributed by atoms with Crippen LogP contribution in [-0.2, 0) is 20.5 Å². The molecule has 2 aromatic rings. The van der Waals surface area contributed by atoms with Crippen molar-refractivity contribution in [3.63, 3.8) is 0 Å². The highest BCUT2D eigenvalue weighted by Gasteiger charge is 2.32. The Labute approximate surface area is 203 Å². The largest absolute Gasteiger partial charge is 0.465 e. The van der Waals surface area contributed by atoms with Crippen molar-refractivity contribution in [2.75, 3.05) is 29.3 Å². The lowest BCUT2D eigenvalue weighted by Crippen LogP contribution is -2.26. The number of nitrogens with one attached hydrogen (secondary N) is 2. The van der Waals surface area contributed by atoms with Gasteiger partial charge in [0, 0.05) is 43.2 Å². The van der Waals surface area contributed by atoms with Crippen molar-refractivity contribution in [2.24, 2.45) is 17.5 Å². The maximum absolute atomic E-state index is 12.2. The van der Waals surface area contributed by atoms with Gasteiger partial charge in [-0.05, 0) is 42.3 Å². The second kappa shape index (κ2) is 14.5. The maximum Gasteiger partial charge on any atom is 0.418 e. The van der Waals surface area contributed by atoms with Crippen molar-refractivity contribution >= 4 is 29.4 Å². The zero-order valence-corrected chi connectivity index (χ0v) is 19.9. The first kappa shape index (κ1) is 29.3. The summed E-state index contributed by atoms with van der Waals surface area (Å²) >= 11 is 0. The van der Waals surface area contributed by atoms with Gasteiger partial charge < -0.3 is 21.1 Å². The number of esters is 1. The van der Waals surface area contributed by atoms with Crippen LogP contribution < -0.4 is 27.2 Å². The minimum Gasteiger partial charge on any atom is -0.465 e. The molecule has 0 heterocycles. The number of benzene rings is 2. The van der Waals surface area contributed by atoms with Gasteiger partial charge in [-0.2, -0.15) is 13.2 Å². The summed E-state index contributed by atoms with van der Waals surface area (Å²) in [6, 6.07) is 12.3. The van der Waals surface area contributed by atoms with E-state index in [-0.39, 0.29) is 24.2 Å². The fourth-order valence-electron chi connectivity index (χ4n) is 2.74. The zero-order chi connectivity index (χ0) is 26.4. The van der Waals surface area contributed by atoms with E-state index in [4.69, 9.17) is 16.3 Å². The summed E-state index contributed by atoms with van der Waals surface area (Å²) in [5.74, 6) is 5.94. The fraction of sp³-hybridized carbons (Fsp3) is 0.333. The lowest BCUT2D eigenvalue weighted by Gasteiger charge is -2.15. The van der Waals surface area contributed by atoms with E-state index in [9.17, 15) is 22.8 Å². The van der Waals surface area contributed by atoms with Gasteiger partial charge in [0.2, 0.25) is 6.41 Å². The number of anilines is 3. The molecule has 2 aromatic carbocycles. The summed E-state index contributed by atoms with van der Waals surface area (Å²) in [4.78, 5) is 21.8. The van der Waals surface area contributed by atoms with Crippen LogP contribution in [0.2, 0.25) is 0 Å². The predicted octanol–water partition coefficient (Wildman–Crippen LogP) is 4.46. The number of amides is 1. The Hall–Kier alpha value is -3.73. The van der Waals surface area contributed by atoms with Crippen LogP contribution >= 0.6 is 0 Å². The van der Waals surface area contributed by atoms with Gasteiger partial charge in [0.1, 0.15) is 0 Å². The summed E-state index contributed by atoms with van der Waals surface area (Å²) in [5, 5.41) is 6.39. The van der Waals surface area contributed by atoms with Crippen LogP contribution in [0.1, 0.15) is 32.3 Å². The molecule has 6 N–H and O–H groups in total. The molecule has 0 saturated carbocycles. The lowest BCUT2D eigenvalue weighted by molar-refractivity contribution is -0.144. The third kappa shape index (κ3) is 11.3. The van der Waals surface area contributed by atoms with Crippen LogP contribution in [0.3, 0.4) is 0 Å². The molecule has 0 saturated heterocycles. The highest BCUT2D eigenvalue weighted by Crippen LogP contribution is 2.34. The molecular weight excluding hydrogens is 463 g/mol. The molecule has 8 nitrogen and oxygen atoms in total. The molecule has 0 aliphatic carbocycles. The van der Waals surface area contributed by atoms with Crippen LogP contribution in [0, 0.1) is 5.92 Å². The van der Waals surface area contributed by atoms with E-state index in [1.807, 2.05) is 13.8 Å². The van der Waals surface area contributed by atoms with Crippen molar-refractivity contribution in [3.8, 4) is 0 Å². The fourth-order valence-corrected chi connectivity index (χ4v) is 2.74. The molecule has 0 aliphatic heterocycles. The molecule has 2 rings (SSSR count). The van der Waals surface area contributed by atoms with Crippen LogP contribution in [-0.4, -0.2) is 26.0 Å². The molecule has 11 heteroatoms. The summed E-state index contributed by atoms with van der Waals surface area (Å²) in [5.41, 5.74) is 7.22. The number of hydrogen-bond donors (Lipinski definition) is 4. The monoisotopic (exact) mass is 495 g/mol. The lowest BCUT2D eigenvalue weighted by atomic mass is 10.1. The summed E-state index contributed by atoms with van der Waals surface area (Å²) in [6.07, 6.45) is -1.30. The van der Waals surface area contributed by atoms with Gasteiger partial charge in [-0.15, -0.1) is 0 Å². The van der Waals surface area contributed by atoms with Crippen molar-refractivity contribution in [1.29, 1.82) is 0 Å². The molecule has 0 bridgehead atoms. The number of carbonyl (C=O) groups is 2. The predicted molar refractivity (Wildman–Crippen MR) is 131 cm³/mol. The molecule has 0 atom stereocenters. The number of alkyl halides is 3. The molecule has 0 aromatic heterocycles. The summed E-state index contributed by atoms with van der Waals surface area (Å²) in [7, 11) is 1.46. The molecule has 0 spiro atoms. The smallest absolute Gasteiger partial charge is 0.418 e. The average molecular weight is 496 g/mol. The Morgan fingerprint density at radius 3 is 2.29 bits per heavy atom. The Balaban J connectivity index is 0.000000427. The standard InChI is InChI=1S/C16H24N4O3.C8H8F3N/c1-12(2)9-16(22)23-8-7-13(17)10-20(18)15-5-3-14(4-6-15)19-11-21;1-12-7-5-3-2-4-6(7)8(9,10)11/h3-6,10-12H,7-9,17-18H2,1-2H3,(H,19,21);2-5,12H,1H3/b13-10-;. The molecule has 1 amide bonds. The first-order valence-corrected chi connectivity index (χ1v) is 10.8. The first-order chi connectivity index (χ1) is 16.5. The molecule has 35 heavy (non-hydrogen) atoms. The van der Waals surface area contributed by atoms with Gasteiger partial charge in [-0.1, -0.05) is 26.0 Å². The van der Waals surface area contributed by atoms with E-state index < -0.39 is 11.7 Å². The number of para-hydroxylation sites is 1. The zero-order valence-electron chi connectivity index (χ0n) is 19.9. The second-order valence-corrected chi connectivity index (χ2v) is 7.78. The SMILES string of the molecule is CC(C)CC(=O)OCC/C(N)=C/N(N)c1ccc(NC=O)cc1.CNc1ccccc1C(F)(F)F. The van der Waals surface area contributed by atoms with E-state index in [0.717, 1.165) is 6.07 Å². The van der Waals surface area contributed by atoms with E-state index in [1.165, 1.54) is 24.2 Å². The highest BCUT2D eigenvalue weighted by molar-refractivity contribution is 5.72. The normalized spacial score (nSPS) is 11.3. The minimum atomic E-state index is -4.28. The number of hydrazine groups is 1. The molecular formula is C24H32F3N5O3. The van der Waals surface area contributed by atoms with Crippen LogP contribution in [0.5, 0.6) is 0 Å². The number of carbonyl (C=O) groups excluding carboxylic acids is 2. The summed E-state index contributed by atoms with van der Waals surface area (Å²) in [6.45, 7) is 4.14. The Morgan fingerprint density at radius 1 is 1.14 bits per heavy atom. The molecule has 192 valence electrons. The van der Waals surface area contributed by atoms with E-state index in [1.54, 1.807) is 36.5 Å². The van der Waals surface area contributed by atoms with Crippen molar-refractivity contribution < 1.29 is 27.5 Å². The van der Waals surface area contributed by atoms with Crippen LogP contribution in [0.4, 0.5) is 30.2 Å². The topological polar surface area (TPSA) is 123 Å². The van der Waals surface area contributed by atoms with Gasteiger partial charge >= 0.3 is 12.1 Å². The maximum atomic E-state index is 12.2. The quantitative estimate of drug-likeness (QED) is 0.166. The van der Waals surface area contributed by atoms with Crippen LogP contribution in [0.15, 0.2) is 60.4 Å². The molecule has 0 radical (unpaired) electrons. The van der Waals surface area contributed by atoms with E-state index >= 15 is 0 Å². The highest BCUT2D eigenvalue weighted by atomic mass is 19.4. The minimum absolute atomic E-state index is 0.102. The Bertz CT molecular complexity index is 964. The van der Waals surface area contributed by atoms with Gasteiger partial charge in [-0.3, -0.25) is 14.6 Å². The molecule has 0 unspecified atom stereocenters. The third-order valence-electron chi connectivity index (χ3n) is 4.43. The second-order valence-electron chi connectivity index (χ2n) is 7.78. The third-order valence-corrected chi connectivity index (χ3v) is 4.43. The van der Waals surface area contributed by atoms with Gasteiger partial charge in [-0.25, -0.2) is 5.84 Å². The Morgan fingerprint density at radius 2 is 1.77 bits per heavy atom. The molecule has 0 aliphatic rings. The van der Waals surface area contributed by atoms with Crippen molar-refractivity contribution in [3.05, 3.63) is 66.0 Å². The number of nitrogens with two attached hydrogens (primary N) is 2. The Kier molecular flexibility index (Phi) is 12.2. The number of rotatable bonds is 10. The summed E-state index contributed by atoms with van der Waals surface area (Å²) < 4.78 is 41.7. The molecule has 0 fully saturated rings. The number of ether oxygens (including phenoxy) is 1. The van der Waals surface area contributed by atoms with Gasteiger partial charge in [0.05, 0.1) is 17.9 Å². The number of halogens is 3. The van der Waals surface area contributed by atoms with Gasteiger partial charge in [0.15, 0.2) is 0 Å². The van der Waals surface area contributed by atoms with E-state index in [2.05, 4.69) is 10.6 Å². The first-order valence-electron chi connectivity index (χ1n) is 10.8. The van der Waals surface area contributed by atoms with Crippen LogP contribution in [0.25, 0.3) is 0 Å². The van der Waals surface area contributed by atoms with Gasteiger partial charge in [0.25, 0.3) is 0 Å². The number of hydrogen-bond acceptors (Lipinski definition) is 7. The van der Waals surface area contributed by atoms with Crippen molar-refractivity contribution in [2.45, 2.75) is 32.9 Å². The van der Waals surface area contributed by atoms with E-state index in [0.29, 0.717) is 36.3 Å². The average Bonchev–Trinajstić information content (AvgIpc) is 2.79.